The van der Waals surface area contributed by atoms with E-state index in [-0.39, 0.29) is 17.9 Å². The highest BCUT2D eigenvalue weighted by atomic mass is 32.1. The highest BCUT2D eigenvalue weighted by molar-refractivity contribution is 7.10. The van der Waals surface area contributed by atoms with E-state index in [1.807, 2.05) is 43.4 Å². The van der Waals surface area contributed by atoms with Crippen molar-refractivity contribution in [1.82, 2.24) is 4.90 Å². The molecule has 0 bridgehead atoms. The van der Waals surface area contributed by atoms with Crippen LogP contribution in [0, 0.1) is 5.92 Å². The fourth-order valence-corrected chi connectivity index (χ4v) is 3.78. The van der Waals surface area contributed by atoms with Crippen molar-refractivity contribution in [2.24, 2.45) is 5.92 Å². The second-order valence-electron chi connectivity index (χ2n) is 5.55. The van der Waals surface area contributed by atoms with E-state index in [1.165, 1.54) is 16.0 Å². The van der Waals surface area contributed by atoms with Gasteiger partial charge in [-0.1, -0.05) is 44.2 Å². The van der Waals surface area contributed by atoms with Crippen LogP contribution in [-0.4, -0.2) is 17.4 Å². The van der Waals surface area contributed by atoms with Crippen molar-refractivity contribution >= 4 is 17.2 Å². The van der Waals surface area contributed by atoms with Crippen molar-refractivity contribution < 1.29 is 4.79 Å². The molecule has 2 nitrogen and oxygen atoms in total. The summed E-state index contributed by atoms with van der Waals surface area (Å²) in [6, 6.07) is 12.6. The van der Waals surface area contributed by atoms with Gasteiger partial charge in [0.05, 0.1) is 6.04 Å². The Labute approximate surface area is 124 Å². The summed E-state index contributed by atoms with van der Waals surface area (Å²) in [6.45, 7) is 4.78. The minimum Gasteiger partial charge on any atom is -0.331 e. The molecule has 0 fully saturated rings. The Morgan fingerprint density at radius 3 is 2.70 bits per heavy atom. The zero-order chi connectivity index (χ0) is 14.1. The van der Waals surface area contributed by atoms with Crippen molar-refractivity contribution in [3.63, 3.8) is 0 Å². The molecule has 20 heavy (non-hydrogen) atoms. The van der Waals surface area contributed by atoms with Crippen molar-refractivity contribution in [3.05, 3.63) is 57.8 Å². The molecule has 1 unspecified atom stereocenters. The molecule has 3 rings (SSSR count). The highest BCUT2D eigenvalue weighted by Gasteiger charge is 2.33. The molecule has 1 atom stereocenters. The van der Waals surface area contributed by atoms with Crippen LogP contribution >= 0.6 is 11.3 Å². The van der Waals surface area contributed by atoms with Crippen molar-refractivity contribution in [2.45, 2.75) is 26.3 Å². The number of carbonyl (C=O) groups is 1. The van der Waals surface area contributed by atoms with Gasteiger partial charge in [0.1, 0.15) is 0 Å². The number of rotatable bonds is 2. The summed E-state index contributed by atoms with van der Waals surface area (Å²) < 4.78 is 0. The van der Waals surface area contributed by atoms with Crippen molar-refractivity contribution in [2.75, 3.05) is 6.54 Å². The Hall–Kier alpha value is -1.61. The van der Waals surface area contributed by atoms with Gasteiger partial charge >= 0.3 is 0 Å². The summed E-state index contributed by atoms with van der Waals surface area (Å²) in [6.07, 6.45) is 0.981. The van der Waals surface area contributed by atoms with Crippen LogP contribution in [0.15, 0.2) is 41.8 Å². The van der Waals surface area contributed by atoms with Crippen LogP contribution in [0.4, 0.5) is 0 Å². The lowest BCUT2D eigenvalue weighted by Crippen LogP contribution is -2.42. The van der Waals surface area contributed by atoms with Gasteiger partial charge in [0.15, 0.2) is 0 Å². The van der Waals surface area contributed by atoms with Crippen molar-refractivity contribution in [1.29, 1.82) is 0 Å². The molecule has 104 valence electrons. The van der Waals surface area contributed by atoms with Gasteiger partial charge < -0.3 is 4.90 Å². The fourth-order valence-electron chi connectivity index (χ4n) is 2.88. The molecule has 0 N–H and O–H groups in total. The minimum atomic E-state index is 0.0430. The number of fused-ring (bicyclic) bond motifs is 1. The van der Waals surface area contributed by atoms with Crippen LogP contribution in [0.3, 0.4) is 0 Å². The summed E-state index contributed by atoms with van der Waals surface area (Å²) >= 11 is 1.81. The molecule has 1 aliphatic heterocycles. The standard InChI is InChI=1S/C17H19NOS/c1-12(2)17(19)18-10-8-15-14(9-11-20-15)16(18)13-6-4-3-5-7-13/h3-7,9,11-12,16H,8,10H2,1-2H3. The summed E-state index contributed by atoms with van der Waals surface area (Å²) in [5, 5.41) is 2.14. The third-order valence-corrected chi connectivity index (χ3v) is 4.85. The Morgan fingerprint density at radius 1 is 1.25 bits per heavy atom. The first-order valence-electron chi connectivity index (χ1n) is 7.10. The van der Waals surface area contributed by atoms with Gasteiger partial charge in [0.2, 0.25) is 5.91 Å². The van der Waals surface area contributed by atoms with E-state index in [0.29, 0.717) is 0 Å². The first kappa shape index (κ1) is 13.4. The lowest BCUT2D eigenvalue weighted by molar-refractivity contribution is -0.136. The molecule has 1 aromatic carbocycles. The Kier molecular flexibility index (Phi) is 3.62. The van der Waals surface area contributed by atoms with Crippen molar-refractivity contribution in [3.8, 4) is 0 Å². The monoisotopic (exact) mass is 285 g/mol. The summed E-state index contributed by atoms with van der Waals surface area (Å²) in [5.74, 6) is 0.289. The average Bonchev–Trinajstić information content (AvgIpc) is 2.94. The molecule has 1 aromatic heterocycles. The average molecular weight is 285 g/mol. The highest BCUT2D eigenvalue weighted by Crippen LogP contribution is 2.38. The van der Waals surface area contributed by atoms with Crippen LogP contribution in [0.25, 0.3) is 0 Å². The number of carbonyl (C=O) groups excluding carboxylic acids is 1. The normalized spacial score (nSPS) is 18.1. The maximum atomic E-state index is 12.5. The van der Waals surface area contributed by atoms with Gasteiger partial charge in [-0.15, -0.1) is 11.3 Å². The fraction of sp³-hybridized carbons (Fsp3) is 0.353. The number of hydrogen-bond donors (Lipinski definition) is 0. The molecule has 1 amide bonds. The van der Waals surface area contributed by atoms with Crippen LogP contribution < -0.4 is 0 Å². The van der Waals surface area contributed by atoms with E-state index >= 15 is 0 Å². The molecule has 0 spiro atoms. The zero-order valence-corrected chi connectivity index (χ0v) is 12.7. The number of hydrogen-bond acceptors (Lipinski definition) is 2. The molecule has 2 heterocycles. The van der Waals surface area contributed by atoms with E-state index < -0.39 is 0 Å². The Morgan fingerprint density at radius 2 is 2.00 bits per heavy atom. The second-order valence-corrected chi connectivity index (χ2v) is 6.55. The predicted octanol–water partition coefficient (Wildman–Crippen LogP) is 3.88. The van der Waals surface area contributed by atoms with Gasteiger partial charge in [0.25, 0.3) is 0 Å². The molecule has 1 aliphatic rings. The molecule has 0 aliphatic carbocycles. The van der Waals surface area contributed by atoms with Crippen LogP contribution in [0.2, 0.25) is 0 Å². The third-order valence-electron chi connectivity index (χ3n) is 3.86. The lowest BCUT2D eigenvalue weighted by Gasteiger charge is -2.37. The maximum absolute atomic E-state index is 12.5. The van der Waals surface area contributed by atoms with Crippen LogP contribution in [-0.2, 0) is 11.2 Å². The molecule has 0 radical (unpaired) electrons. The van der Waals surface area contributed by atoms with Gasteiger partial charge in [-0.3, -0.25) is 4.79 Å². The quantitative estimate of drug-likeness (QED) is 0.820. The van der Waals surface area contributed by atoms with Crippen LogP contribution in [0.1, 0.15) is 35.9 Å². The molecule has 3 heteroatoms. The Bertz CT molecular complexity index is 602. The number of thiophene rings is 1. The SMILES string of the molecule is CC(C)C(=O)N1CCc2sccc2C1c1ccccc1. The van der Waals surface area contributed by atoms with Gasteiger partial charge in [0, 0.05) is 17.3 Å². The number of amides is 1. The van der Waals surface area contributed by atoms with Gasteiger partial charge in [-0.25, -0.2) is 0 Å². The van der Waals surface area contributed by atoms with Gasteiger partial charge in [-0.05, 0) is 29.0 Å². The smallest absolute Gasteiger partial charge is 0.225 e. The summed E-state index contributed by atoms with van der Waals surface area (Å²) in [5.41, 5.74) is 2.52. The topological polar surface area (TPSA) is 20.3 Å². The number of benzene rings is 1. The lowest BCUT2D eigenvalue weighted by atomic mass is 9.92. The molecular formula is C17H19NOS. The van der Waals surface area contributed by atoms with E-state index in [9.17, 15) is 4.79 Å². The summed E-state index contributed by atoms with van der Waals surface area (Å²) in [4.78, 5) is 16.0. The molecular weight excluding hydrogens is 266 g/mol. The number of nitrogens with zero attached hydrogens (tertiary/aromatic N) is 1. The largest absolute Gasteiger partial charge is 0.331 e. The first-order valence-corrected chi connectivity index (χ1v) is 7.98. The van der Waals surface area contributed by atoms with Gasteiger partial charge in [-0.2, -0.15) is 0 Å². The maximum Gasteiger partial charge on any atom is 0.225 e. The Balaban J connectivity index is 2.06. The second kappa shape index (κ2) is 5.41. The van der Waals surface area contributed by atoms with E-state index in [2.05, 4.69) is 28.5 Å². The molecule has 0 saturated heterocycles. The van der Waals surface area contributed by atoms with E-state index in [0.717, 1.165) is 13.0 Å². The molecule has 0 saturated carbocycles. The molecule has 2 aromatic rings. The predicted molar refractivity (Wildman–Crippen MR) is 82.9 cm³/mol. The van der Waals surface area contributed by atoms with E-state index in [1.54, 1.807) is 0 Å². The third kappa shape index (κ3) is 2.27. The zero-order valence-electron chi connectivity index (χ0n) is 11.9. The van der Waals surface area contributed by atoms with Crippen LogP contribution in [0.5, 0.6) is 0 Å². The first-order chi connectivity index (χ1) is 9.68. The summed E-state index contributed by atoms with van der Waals surface area (Å²) in [7, 11) is 0. The minimum absolute atomic E-state index is 0.0430. The van der Waals surface area contributed by atoms with E-state index in [4.69, 9.17) is 0 Å².